The second kappa shape index (κ2) is 6.84. The Labute approximate surface area is 104 Å². The van der Waals surface area contributed by atoms with Crippen LogP contribution in [0.1, 0.15) is 38.5 Å². The van der Waals surface area contributed by atoms with Crippen LogP contribution in [0, 0.1) is 5.92 Å². The summed E-state index contributed by atoms with van der Waals surface area (Å²) in [5.41, 5.74) is 0. The fourth-order valence-electron chi connectivity index (χ4n) is 2.67. The maximum atomic E-state index is 11.7. The first-order valence-electron chi connectivity index (χ1n) is 6.90. The highest BCUT2D eigenvalue weighted by Crippen LogP contribution is 2.25. The smallest absolute Gasteiger partial charge is 0.339 e. The Bertz CT molecular complexity index is 234. The molecule has 1 aliphatic carbocycles. The Kier molecular flexibility index (Phi) is 5.10. The van der Waals surface area contributed by atoms with Crippen LogP contribution in [-0.2, 0) is 4.74 Å². The topological polar surface area (TPSA) is 43.6 Å². The third-order valence-corrected chi connectivity index (χ3v) is 3.79. The minimum absolute atomic E-state index is 0.0379. The lowest BCUT2D eigenvalue weighted by molar-refractivity contribution is 0.0529. The lowest BCUT2D eigenvalue weighted by atomic mass is 9.87. The molecule has 0 aromatic heterocycles. The van der Waals surface area contributed by atoms with E-state index in [0.717, 1.165) is 12.3 Å². The van der Waals surface area contributed by atoms with Gasteiger partial charge in [-0.3, -0.25) is 0 Å². The first-order chi connectivity index (χ1) is 8.36. The largest absolute Gasteiger partial charge is 0.378 e. The maximum absolute atomic E-state index is 11.7. The van der Waals surface area contributed by atoms with E-state index in [0.29, 0.717) is 32.8 Å². The van der Waals surface area contributed by atoms with E-state index < -0.39 is 0 Å². The number of hydrogen-bond acceptors (Lipinski definition) is 2. The van der Waals surface area contributed by atoms with Crippen LogP contribution in [0.15, 0.2) is 0 Å². The fourth-order valence-corrected chi connectivity index (χ4v) is 2.67. The highest BCUT2D eigenvalue weighted by molar-refractivity contribution is 5.73. The van der Waals surface area contributed by atoms with Gasteiger partial charge in [-0.15, -0.1) is 0 Å². The van der Waals surface area contributed by atoms with E-state index in [2.05, 4.69) is 5.32 Å². The molecule has 0 atom stereocenters. The van der Waals surface area contributed by atoms with Crippen molar-refractivity contribution in [2.24, 2.45) is 5.92 Å². The number of carbonyl (C=O) groups is 1. The van der Waals surface area contributed by atoms with Gasteiger partial charge >= 0.3 is 6.03 Å². The predicted molar refractivity (Wildman–Crippen MR) is 66.0 cm³/mol. The minimum atomic E-state index is -0.0379. The summed E-state index contributed by atoms with van der Waals surface area (Å²) in [7, 11) is 0. The van der Waals surface area contributed by atoms with Gasteiger partial charge in [-0.05, 0) is 12.3 Å². The van der Waals surface area contributed by atoms with Crippen molar-refractivity contribution in [3.8, 4) is 0 Å². The Morgan fingerprint density at radius 1 is 1.18 bits per heavy atom. The van der Waals surface area contributed by atoms with Crippen molar-refractivity contribution >= 4 is 6.03 Å². The molecule has 17 heavy (non-hydrogen) atoms. The number of amides is 2. The Morgan fingerprint density at radius 2 is 1.88 bits per heavy atom. The summed E-state index contributed by atoms with van der Waals surface area (Å²) in [6.07, 6.45) is 7.88. The number of nitrogens with zero attached hydrogens (tertiary/aromatic N) is 2. The second-order valence-electron chi connectivity index (χ2n) is 5.06. The normalized spacial score (nSPS) is 22.5. The quantitative estimate of drug-likeness (QED) is 0.756. The monoisotopic (exact) mass is 239 g/mol. The first-order valence-corrected chi connectivity index (χ1v) is 6.90. The molecule has 4 heteroatoms. The van der Waals surface area contributed by atoms with Crippen LogP contribution in [0.5, 0.6) is 0 Å². The molecule has 1 aliphatic heterocycles. The molecule has 2 rings (SSSR count). The summed E-state index contributed by atoms with van der Waals surface area (Å²) < 4.78 is 5.21. The van der Waals surface area contributed by atoms with E-state index in [9.17, 15) is 4.79 Å². The molecule has 1 saturated heterocycles. The molecule has 0 aromatic carbocycles. The van der Waals surface area contributed by atoms with Crippen molar-refractivity contribution in [2.75, 3.05) is 32.8 Å². The zero-order chi connectivity index (χ0) is 11.9. The summed E-state index contributed by atoms with van der Waals surface area (Å²) in [4.78, 5) is 13.5. The zero-order valence-electron chi connectivity index (χ0n) is 10.6. The van der Waals surface area contributed by atoms with Gasteiger partial charge < -0.3 is 9.64 Å². The molecule has 1 saturated carbocycles. The lowest BCUT2D eigenvalue weighted by Gasteiger charge is -2.26. The average molecular weight is 239 g/mol. The number of morpholine rings is 1. The van der Waals surface area contributed by atoms with E-state index in [1.807, 2.05) is 0 Å². The summed E-state index contributed by atoms with van der Waals surface area (Å²) in [6, 6.07) is -0.0379. The molecule has 0 spiro atoms. The SMILES string of the molecule is O=C([N]CCC1CCCCC1)N1CCOCC1. The van der Waals surface area contributed by atoms with Crippen molar-refractivity contribution in [1.82, 2.24) is 10.2 Å². The van der Waals surface area contributed by atoms with Gasteiger partial charge in [0.1, 0.15) is 0 Å². The standard InChI is InChI=1S/C13H23N2O2/c16-13(15-8-10-17-11-9-15)14-7-6-12-4-2-1-3-5-12/h12H,1-11H2. The summed E-state index contributed by atoms with van der Waals surface area (Å²) >= 11 is 0. The molecule has 0 bridgehead atoms. The van der Waals surface area contributed by atoms with Gasteiger partial charge in [-0.2, -0.15) is 0 Å². The van der Waals surface area contributed by atoms with Gasteiger partial charge in [-0.25, -0.2) is 10.1 Å². The summed E-state index contributed by atoms with van der Waals surface area (Å²) in [6.45, 7) is 3.42. The van der Waals surface area contributed by atoms with Crippen LogP contribution >= 0.6 is 0 Å². The number of carbonyl (C=O) groups excluding carboxylic acids is 1. The predicted octanol–water partition coefficient (Wildman–Crippen LogP) is 2.01. The van der Waals surface area contributed by atoms with E-state index in [1.54, 1.807) is 4.90 Å². The Morgan fingerprint density at radius 3 is 2.59 bits per heavy atom. The molecule has 2 fully saturated rings. The molecule has 0 aromatic rings. The van der Waals surface area contributed by atoms with E-state index >= 15 is 0 Å². The van der Waals surface area contributed by atoms with Crippen LogP contribution in [0.4, 0.5) is 4.79 Å². The Hall–Kier alpha value is -0.770. The van der Waals surface area contributed by atoms with Crippen LogP contribution in [0.3, 0.4) is 0 Å². The molecule has 2 aliphatic rings. The third-order valence-electron chi connectivity index (χ3n) is 3.79. The summed E-state index contributed by atoms with van der Waals surface area (Å²) in [5, 5.41) is 4.17. The molecule has 97 valence electrons. The maximum Gasteiger partial charge on any atom is 0.339 e. The average Bonchev–Trinajstić information content (AvgIpc) is 2.41. The third kappa shape index (κ3) is 4.19. The highest BCUT2D eigenvalue weighted by Gasteiger charge is 2.18. The van der Waals surface area contributed by atoms with Gasteiger partial charge in [0.25, 0.3) is 0 Å². The number of rotatable bonds is 3. The molecule has 0 N–H and O–H groups in total. The molecular weight excluding hydrogens is 216 g/mol. The molecular formula is C13H23N2O2. The van der Waals surface area contributed by atoms with Gasteiger partial charge in [-0.1, -0.05) is 32.1 Å². The van der Waals surface area contributed by atoms with Crippen molar-refractivity contribution in [3.05, 3.63) is 0 Å². The van der Waals surface area contributed by atoms with Crippen LogP contribution in [0.25, 0.3) is 0 Å². The van der Waals surface area contributed by atoms with E-state index in [4.69, 9.17) is 4.74 Å². The zero-order valence-corrected chi connectivity index (χ0v) is 10.6. The summed E-state index contributed by atoms with van der Waals surface area (Å²) in [5.74, 6) is 0.810. The van der Waals surface area contributed by atoms with Crippen LogP contribution in [-0.4, -0.2) is 43.8 Å². The van der Waals surface area contributed by atoms with Gasteiger partial charge in [0, 0.05) is 19.6 Å². The van der Waals surface area contributed by atoms with Gasteiger partial charge in [0.05, 0.1) is 13.2 Å². The van der Waals surface area contributed by atoms with Crippen molar-refractivity contribution in [1.29, 1.82) is 0 Å². The second-order valence-corrected chi connectivity index (χ2v) is 5.06. The first kappa shape index (κ1) is 12.7. The number of ether oxygens (including phenoxy) is 1. The van der Waals surface area contributed by atoms with Crippen molar-refractivity contribution in [3.63, 3.8) is 0 Å². The lowest BCUT2D eigenvalue weighted by Crippen LogP contribution is -2.44. The highest BCUT2D eigenvalue weighted by atomic mass is 16.5. The van der Waals surface area contributed by atoms with Crippen molar-refractivity contribution in [2.45, 2.75) is 38.5 Å². The molecule has 0 unspecified atom stereocenters. The van der Waals surface area contributed by atoms with Crippen LogP contribution in [0.2, 0.25) is 0 Å². The Balaban J connectivity index is 1.58. The molecule has 1 radical (unpaired) electrons. The van der Waals surface area contributed by atoms with E-state index in [-0.39, 0.29) is 6.03 Å². The number of hydrogen-bond donors (Lipinski definition) is 0. The molecule has 1 heterocycles. The minimum Gasteiger partial charge on any atom is -0.378 e. The van der Waals surface area contributed by atoms with E-state index in [1.165, 1.54) is 32.1 Å². The van der Waals surface area contributed by atoms with Gasteiger partial charge in [0.15, 0.2) is 0 Å². The fraction of sp³-hybridized carbons (Fsp3) is 0.923. The van der Waals surface area contributed by atoms with Gasteiger partial charge in [0.2, 0.25) is 0 Å². The molecule has 4 nitrogen and oxygen atoms in total. The molecule has 2 amide bonds. The van der Waals surface area contributed by atoms with Crippen molar-refractivity contribution < 1.29 is 9.53 Å². The number of urea groups is 1. The van der Waals surface area contributed by atoms with Crippen LogP contribution < -0.4 is 5.32 Å².